The Hall–Kier alpha value is -1.06. The van der Waals surface area contributed by atoms with Crippen molar-refractivity contribution in [2.24, 2.45) is 11.7 Å². The molecule has 1 aromatic carbocycles. The third-order valence-electron chi connectivity index (χ3n) is 4.44. The first kappa shape index (κ1) is 14.4. The van der Waals surface area contributed by atoms with Gasteiger partial charge in [0.15, 0.2) is 0 Å². The van der Waals surface area contributed by atoms with E-state index in [1.54, 1.807) is 7.11 Å². The van der Waals surface area contributed by atoms with Crippen molar-refractivity contribution < 1.29 is 9.47 Å². The molecule has 1 atom stereocenters. The summed E-state index contributed by atoms with van der Waals surface area (Å²) in [5.74, 6) is 1.44. The molecule has 0 radical (unpaired) electrons. The van der Waals surface area contributed by atoms with E-state index in [0.717, 1.165) is 25.4 Å². The Morgan fingerprint density at radius 3 is 2.47 bits per heavy atom. The first-order chi connectivity index (χ1) is 9.08. The van der Waals surface area contributed by atoms with Crippen LogP contribution in [-0.2, 0) is 10.2 Å². The predicted octanol–water partition coefficient (Wildman–Crippen LogP) is 2.56. The summed E-state index contributed by atoms with van der Waals surface area (Å²) < 4.78 is 11.2. The summed E-state index contributed by atoms with van der Waals surface area (Å²) in [7, 11) is 1.75. The third-order valence-corrected chi connectivity index (χ3v) is 4.44. The number of benzene rings is 1. The van der Waals surface area contributed by atoms with Gasteiger partial charge in [-0.05, 0) is 31.9 Å². The molecule has 1 fully saturated rings. The molecule has 1 saturated heterocycles. The highest BCUT2D eigenvalue weighted by Gasteiger charge is 2.47. The highest BCUT2D eigenvalue weighted by molar-refractivity contribution is 5.49. The average Bonchev–Trinajstić information content (AvgIpc) is 2.32. The second-order valence-corrected chi connectivity index (χ2v) is 5.65. The summed E-state index contributed by atoms with van der Waals surface area (Å²) >= 11 is 0. The lowest BCUT2D eigenvalue weighted by atomic mass is 9.66. The first-order valence-electron chi connectivity index (χ1n) is 7.02. The van der Waals surface area contributed by atoms with Gasteiger partial charge in [-0.2, -0.15) is 0 Å². The van der Waals surface area contributed by atoms with Crippen LogP contribution in [0.15, 0.2) is 12.1 Å². The van der Waals surface area contributed by atoms with Crippen molar-refractivity contribution in [1.82, 2.24) is 0 Å². The number of methoxy groups -OCH3 is 1. The predicted molar refractivity (Wildman–Crippen MR) is 77.8 cm³/mol. The van der Waals surface area contributed by atoms with Crippen LogP contribution in [0.3, 0.4) is 0 Å². The highest BCUT2D eigenvalue weighted by Crippen LogP contribution is 2.45. The van der Waals surface area contributed by atoms with Gasteiger partial charge < -0.3 is 15.2 Å². The molecule has 1 aliphatic rings. The molecular formula is C16H25NO2. The van der Waals surface area contributed by atoms with Gasteiger partial charge in [-0.3, -0.25) is 0 Å². The number of hydrogen-bond donors (Lipinski definition) is 1. The lowest BCUT2D eigenvalue weighted by Gasteiger charge is -2.48. The van der Waals surface area contributed by atoms with Crippen LogP contribution in [0.5, 0.6) is 5.75 Å². The minimum absolute atomic E-state index is 0.0334. The normalized spacial score (nSPS) is 18.8. The van der Waals surface area contributed by atoms with Gasteiger partial charge in [-0.25, -0.2) is 0 Å². The number of hydrogen-bond acceptors (Lipinski definition) is 3. The van der Waals surface area contributed by atoms with Crippen molar-refractivity contribution in [3.63, 3.8) is 0 Å². The van der Waals surface area contributed by atoms with Crippen LogP contribution in [0, 0.1) is 19.8 Å². The van der Waals surface area contributed by atoms with Crippen molar-refractivity contribution in [2.45, 2.75) is 32.6 Å². The summed E-state index contributed by atoms with van der Waals surface area (Å²) in [5, 5.41) is 0. The molecule has 0 bridgehead atoms. The van der Waals surface area contributed by atoms with Gasteiger partial charge in [-0.15, -0.1) is 0 Å². The largest absolute Gasteiger partial charge is 0.496 e. The SMILES string of the molecule is CCC(CN)C1(c2cc(C)cc(C)c2OC)COC1. The van der Waals surface area contributed by atoms with Crippen LogP contribution in [0.4, 0.5) is 0 Å². The second kappa shape index (κ2) is 5.51. The molecule has 1 aliphatic heterocycles. The van der Waals surface area contributed by atoms with Crippen molar-refractivity contribution in [2.75, 3.05) is 26.9 Å². The number of aryl methyl sites for hydroxylation is 2. The van der Waals surface area contributed by atoms with E-state index in [2.05, 4.69) is 32.9 Å². The van der Waals surface area contributed by atoms with Crippen LogP contribution in [0.25, 0.3) is 0 Å². The molecule has 0 aliphatic carbocycles. The quantitative estimate of drug-likeness (QED) is 0.888. The van der Waals surface area contributed by atoms with Gasteiger partial charge in [0.2, 0.25) is 0 Å². The Morgan fingerprint density at radius 1 is 1.37 bits per heavy atom. The van der Waals surface area contributed by atoms with Gasteiger partial charge in [0.1, 0.15) is 5.75 Å². The maximum atomic E-state index is 5.99. The van der Waals surface area contributed by atoms with E-state index in [1.807, 2.05) is 0 Å². The first-order valence-corrected chi connectivity index (χ1v) is 7.02. The standard InChI is InChI=1S/C16H25NO2/c1-5-13(8-17)16(9-19-10-16)14-7-11(2)6-12(3)15(14)18-4/h6-7,13H,5,8-10,17H2,1-4H3. The molecular weight excluding hydrogens is 238 g/mol. The minimum Gasteiger partial charge on any atom is -0.496 e. The van der Waals surface area contributed by atoms with Crippen molar-refractivity contribution >= 4 is 0 Å². The fraction of sp³-hybridized carbons (Fsp3) is 0.625. The Kier molecular flexibility index (Phi) is 4.16. The summed E-state index contributed by atoms with van der Waals surface area (Å²) in [4.78, 5) is 0. The van der Waals surface area contributed by atoms with Crippen molar-refractivity contribution in [3.8, 4) is 5.75 Å². The maximum absolute atomic E-state index is 5.99. The molecule has 1 aromatic rings. The van der Waals surface area contributed by atoms with E-state index in [4.69, 9.17) is 15.2 Å². The van der Waals surface area contributed by atoms with E-state index in [9.17, 15) is 0 Å². The Bertz CT molecular complexity index is 448. The van der Waals surface area contributed by atoms with Crippen molar-refractivity contribution in [3.05, 3.63) is 28.8 Å². The van der Waals surface area contributed by atoms with Crippen molar-refractivity contribution in [1.29, 1.82) is 0 Å². The molecule has 0 saturated carbocycles. The van der Waals surface area contributed by atoms with Crippen LogP contribution >= 0.6 is 0 Å². The third kappa shape index (κ3) is 2.26. The number of ether oxygens (including phenoxy) is 2. The Morgan fingerprint density at radius 2 is 2.05 bits per heavy atom. The Labute approximate surface area is 116 Å². The molecule has 3 heteroatoms. The van der Waals surface area contributed by atoms with E-state index < -0.39 is 0 Å². The molecule has 0 aromatic heterocycles. The van der Waals surface area contributed by atoms with Gasteiger partial charge >= 0.3 is 0 Å². The number of nitrogens with two attached hydrogens (primary N) is 1. The zero-order valence-electron chi connectivity index (χ0n) is 12.5. The molecule has 3 nitrogen and oxygen atoms in total. The smallest absolute Gasteiger partial charge is 0.125 e. The summed E-state index contributed by atoms with van der Waals surface area (Å²) in [6, 6.07) is 4.41. The molecule has 0 spiro atoms. The Balaban J connectivity index is 2.54. The van der Waals surface area contributed by atoms with Crippen LogP contribution in [0.1, 0.15) is 30.0 Å². The van der Waals surface area contributed by atoms with E-state index in [-0.39, 0.29) is 5.41 Å². The summed E-state index contributed by atoms with van der Waals surface area (Å²) in [6.45, 7) is 8.63. The molecule has 1 heterocycles. The average molecular weight is 263 g/mol. The summed E-state index contributed by atoms with van der Waals surface area (Å²) in [6.07, 6.45) is 1.07. The fourth-order valence-electron chi connectivity index (χ4n) is 3.31. The molecule has 0 amide bonds. The van der Waals surface area contributed by atoms with Crippen LogP contribution in [-0.4, -0.2) is 26.9 Å². The molecule has 2 rings (SSSR count). The molecule has 1 unspecified atom stereocenters. The topological polar surface area (TPSA) is 44.5 Å². The molecule has 106 valence electrons. The van der Waals surface area contributed by atoms with Crippen LogP contribution < -0.4 is 10.5 Å². The zero-order chi connectivity index (χ0) is 14.0. The van der Waals surface area contributed by atoms with Gasteiger partial charge in [0, 0.05) is 11.0 Å². The monoisotopic (exact) mass is 263 g/mol. The minimum atomic E-state index is 0.0334. The van der Waals surface area contributed by atoms with E-state index >= 15 is 0 Å². The van der Waals surface area contributed by atoms with Gasteiger partial charge in [-0.1, -0.05) is 31.0 Å². The maximum Gasteiger partial charge on any atom is 0.125 e. The number of rotatable bonds is 5. The highest BCUT2D eigenvalue weighted by atomic mass is 16.5. The lowest BCUT2D eigenvalue weighted by Crippen LogP contribution is -2.54. The second-order valence-electron chi connectivity index (χ2n) is 5.65. The van der Waals surface area contributed by atoms with Gasteiger partial charge in [0.05, 0.1) is 20.3 Å². The summed E-state index contributed by atoms with van der Waals surface area (Å²) in [5.41, 5.74) is 9.76. The van der Waals surface area contributed by atoms with Crippen LogP contribution in [0.2, 0.25) is 0 Å². The zero-order valence-corrected chi connectivity index (χ0v) is 12.5. The van der Waals surface area contributed by atoms with Gasteiger partial charge in [0.25, 0.3) is 0 Å². The molecule has 19 heavy (non-hydrogen) atoms. The lowest BCUT2D eigenvalue weighted by molar-refractivity contribution is -0.0906. The fourth-order valence-corrected chi connectivity index (χ4v) is 3.31. The van der Waals surface area contributed by atoms with E-state index in [0.29, 0.717) is 12.5 Å². The van der Waals surface area contributed by atoms with E-state index in [1.165, 1.54) is 16.7 Å². The molecule has 2 N–H and O–H groups in total.